The summed E-state index contributed by atoms with van der Waals surface area (Å²) in [5.41, 5.74) is 3.63. The first-order chi connectivity index (χ1) is 13.7. The number of guanidine groups is 1. The van der Waals surface area contributed by atoms with E-state index in [4.69, 9.17) is 0 Å². The SMILES string of the molecule is CN=C(NCCCCc1nc(C)cs1)NCc1ccccc1Cn1cccn1.I. The molecule has 0 aliphatic heterocycles. The first-order valence-electron chi connectivity index (χ1n) is 9.64. The maximum atomic E-state index is 4.51. The molecule has 0 amide bonds. The third-order valence-electron chi connectivity index (χ3n) is 4.46. The Bertz CT molecular complexity index is 875. The summed E-state index contributed by atoms with van der Waals surface area (Å²) in [6.45, 7) is 4.45. The number of hydrogen-bond donors (Lipinski definition) is 2. The average molecular weight is 524 g/mol. The zero-order valence-corrected chi connectivity index (χ0v) is 20.1. The van der Waals surface area contributed by atoms with Gasteiger partial charge in [0.2, 0.25) is 0 Å². The minimum absolute atomic E-state index is 0. The molecule has 2 heterocycles. The first kappa shape index (κ1) is 23.3. The summed E-state index contributed by atoms with van der Waals surface area (Å²) in [5.74, 6) is 0.832. The van der Waals surface area contributed by atoms with Crippen LogP contribution >= 0.6 is 35.3 Å². The van der Waals surface area contributed by atoms with Crippen LogP contribution < -0.4 is 10.6 Å². The van der Waals surface area contributed by atoms with Gasteiger partial charge in [0.15, 0.2) is 5.96 Å². The van der Waals surface area contributed by atoms with Crippen LogP contribution in [0, 0.1) is 6.92 Å². The van der Waals surface area contributed by atoms with Gasteiger partial charge in [-0.1, -0.05) is 24.3 Å². The van der Waals surface area contributed by atoms with Crippen LogP contribution in [0.15, 0.2) is 53.1 Å². The first-order valence-corrected chi connectivity index (χ1v) is 10.5. The van der Waals surface area contributed by atoms with Gasteiger partial charge in [-0.3, -0.25) is 9.67 Å². The smallest absolute Gasteiger partial charge is 0.191 e. The highest BCUT2D eigenvalue weighted by Crippen LogP contribution is 2.12. The van der Waals surface area contributed by atoms with Crippen molar-refractivity contribution < 1.29 is 0 Å². The number of rotatable bonds is 9. The molecule has 29 heavy (non-hydrogen) atoms. The maximum absolute atomic E-state index is 4.51. The van der Waals surface area contributed by atoms with Crippen LogP contribution in [0.1, 0.15) is 34.7 Å². The molecule has 0 bridgehead atoms. The maximum Gasteiger partial charge on any atom is 0.191 e. The predicted octanol–water partition coefficient (Wildman–Crippen LogP) is 4.00. The number of aromatic nitrogens is 3. The lowest BCUT2D eigenvalue weighted by Gasteiger charge is -2.14. The van der Waals surface area contributed by atoms with Gasteiger partial charge in [-0.2, -0.15) is 5.10 Å². The van der Waals surface area contributed by atoms with Crippen LogP contribution in [0.3, 0.4) is 0 Å². The summed E-state index contributed by atoms with van der Waals surface area (Å²) in [7, 11) is 1.81. The Morgan fingerprint density at radius 3 is 2.66 bits per heavy atom. The zero-order chi connectivity index (χ0) is 19.6. The molecule has 0 radical (unpaired) electrons. The highest BCUT2D eigenvalue weighted by Gasteiger charge is 2.05. The van der Waals surface area contributed by atoms with Gasteiger partial charge in [-0.25, -0.2) is 4.98 Å². The summed E-state index contributed by atoms with van der Waals surface area (Å²) in [6.07, 6.45) is 7.06. The van der Waals surface area contributed by atoms with Crippen molar-refractivity contribution in [2.75, 3.05) is 13.6 Å². The monoisotopic (exact) mass is 524 g/mol. The topological polar surface area (TPSA) is 67.1 Å². The molecule has 0 aliphatic carbocycles. The Kier molecular flexibility index (Phi) is 10.1. The minimum Gasteiger partial charge on any atom is -0.356 e. The van der Waals surface area contributed by atoms with Crippen molar-refractivity contribution in [3.63, 3.8) is 0 Å². The van der Waals surface area contributed by atoms with Gasteiger partial charge in [-0.15, -0.1) is 35.3 Å². The van der Waals surface area contributed by atoms with E-state index in [1.54, 1.807) is 11.3 Å². The van der Waals surface area contributed by atoms with Gasteiger partial charge in [0.25, 0.3) is 0 Å². The summed E-state index contributed by atoms with van der Waals surface area (Å²) < 4.78 is 1.94. The molecule has 2 N–H and O–H groups in total. The number of aliphatic imine (C=N–C) groups is 1. The molecule has 0 spiro atoms. The van der Waals surface area contributed by atoms with Crippen molar-refractivity contribution in [3.05, 3.63) is 69.9 Å². The fourth-order valence-electron chi connectivity index (χ4n) is 2.98. The van der Waals surface area contributed by atoms with E-state index in [9.17, 15) is 0 Å². The number of thiazole rings is 1. The number of unbranched alkanes of at least 4 members (excludes halogenated alkanes) is 1. The van der Waals surface area contributed by atoms with Gasteiger partial charge in [0, 0.05) is 43.6 Å². The fraction of sp³-hybridized carbons (Fsp3) is 0.381. The Hall–Kier alpha value is -1.94. The standard InChI is InChI=1S/C21H28N6S.HI/c1-17-16-28-20(26-17)10-5-6-11-23-21(22-2)24-14-18-8-3-4-9-19(18)15-27-13-7-12-25-27;/h3-4,7-9,12-13,16H,5-6,10-11,14-15H2,1-2H3,(H2,22,23,24);1H. The Balaban J connectivity index is 0.00000300. The molecule has 1 aromatic carbocycles. The van der Waals surface area contributed by atoms with Gasteiger partial charge in [0.1, 0.15) is 0 Å². The minimum atomic E-state index is 0. The van der Waals surface area contributed by atoms with E-state index in [1.165, 1.54) is 16.1 Å². The number of benzene rings is 1. The highest BCUT2D eigenvalue weighted by molar-refractivity contribution is 14.0. The van der Waals surface area contributed by atoms with Crippen molar-refractivity contribution in [1.29, 1.82) is 0 Å². The molecular weight excluding hydrogens is 495 g/mol. The highest BCUT2D eigenvalue weighted by atomic mass is 127. The number of aryl methyl sites for hydroxylation is 2. The lowest BCUT2D eigenvalue weighted by molar-refractivity contribution is 0.674. The van der Waals surface area contributed by atoms with E-state index in [0.29, 0.717) is 0 Å². The summed E-state index contributed by atoms with van der Waals surface area (Å²) in [5, 5.41) is 14.5. The Labute approximate surface area is 193 Å². The molecule has 0 atom stereocenters. The zero-order valence-electron chi connectivity index (χ0n) is 17.0. The van der Waals surface area contributed by atoms with Crippen molar-refractivity contribution >= 4 is 41.3 Å². The predicted molar refractivity (Wildman–Crippen MR) is 131 cm³/mol. The van der Waals surface area contributed by atoms with Crippen LogP contribution in [0.2, 0.25) is 0 Å². The fourth-order valence-corrected chi connectivity index (χ4v) is 3.80. The van der Waals surface area contributed by atoms with Crippen molar-refractivity contribution in [2.24, 2.45) is 4.99 Å². The Morgan fingerprint density at radius 2 is 1.97 bits per heavy atom. The second-order valence-corrected chi connectivity index (χ2v) is 7.61. The van der Waals surface area contributed by atoms with Gasteiger partial charge >= 0.3 is 0 Å². The molecule has 8 heteroatoms. The van der Waals surface area contributed by atoms with Crippen molar-refractivity contribution in [1.82, 2.24) is 25.4 Å². The second-order valence-electron chi connectivity index (χ2n) is 6.66. The molecule has 2 aromatic heterocycles. The van der Waals surface area contributed by atoms with Crippen LogP contribution in [0.25, 0.3) is 0 Å². The third kappa shape index (κ3) is 7.77. The number of nitrogens with zero attached hydrogens (tertiary/aromatic N) is 4. The Morgan fingerprint density at radius 1 is 1.14 bits per heavy atom. The second kappa shape index (κ2) is 12.6. The quantitative estimate of drug-likeness (QED) is 0.192. The van der Waals surface area contributed by atoms with Crippen LogP contribution in [-0.2, 0) is 19.5 Å². The molecule has 3 aromatic rings. The average Bonchev–Trinajstić information content (AvgIpc) is 3.37. The molecule has 3 rings (SSSR count). The molecule has 156 valence electrons. The molecule has 0 aliphatic rings. The summed E-state index contributed by atoms with van der Waals surface area (Å²) in [6, 6.07) is 10.4. The number of nitrogens with one attached hydrogen (secondary N) is 2. The summed E-state index contributed by atoms with van der Waals surface area (Å²) in [4.78, 5) is 8.85. The number of halogens is 1. The molecule has 0 saturated carbocycles. The van der Waals surface area contributed by atoms with Crippen molar-refractivity contribution in [3.8, 4) is 0 Å². The van der Waals surface area contributed by atoms with E-state index in [2.05, 4.69) is 55.4 Å². The van der Waals surface area contributed by atoms with Crippen LogP contribution in [0.4, 0.5) is 0 Å². The van der Waals surface area contributed by atoms with E-state index in [1.807, 2.05) is 37.1 Å². The number of hydrogen-bond acceptors (Lipinski definition) is 4. The largest absolute Gasteiger partial charge is 0.356 e. The lowest BCUT2D eigenvalue weighted by atomic mass is 10.1. The van der Waals surface area contributed by atoms with Gasteiger partial charge < -0.3 is 10.6 Å². The normalized spacial score (nSPS) is 11.2. The van der Waals surface area contributed by atoms with E-state index in [-0.39, 0.29) is 24.0 Å². The van der Waals surface area contributed by atoms with E-state index in [0.717, 1.165) is 50.6 Å². The molecule has 0 saturated heterocycles. The van der Waals surface area contributed by atoms with Crippen LogP contribution in [0.5, 0.6) is 0 Å². The molecule has 0 fully saturated rings. The van der Waals surface area contributed by atoms with Gasteiger partial charge in [-0.05, 0) is 43.4 Å². The third-order valence-corrected chi connectivity index (χ3v) is 5.48. The molecular formula is C21H29IN6S. The molecule has 6 nitrogen and oxygen atoms in total. The van der Waals surface area contributed by atoms with Crippen LogP contribution in [-0.4, -0.2) is 34.3 Å². The van der Waals surface area contributed by atoms with Crippen molar-refractivity contribution in [2.45, 2.75) is 39.3 Å². The van der Waals surface area contributed by atoms with E-state index >= 15 is 0 Å². The van der Waals surface area contributed by atoms with E-state index < -0.39 is 0 Å². The van der Waals surface area contributed by atoms with Gasteiger partial charge in [0.05, 0.1) is 11.6 Å². The lowest BCUT2D eigenvalue weighted by Crippen LogP contribution is -2.37. The summed E-state index contributed by atoms with van der Waals surface area (Å²) >= 11 is 1.75. The molecule has 0 unspecified atom stereocenters.